The van der Waals surface area contributed by atoms with Gasteiger partial charge in [0, 0.05) is 15.6 Å². The molecule has 1 aromatic heterocycles. The van der Waals surface area contributed by atoms with Crippen molar-refractivity contribution in [2.24, 2.45) is 5.73 Å². The molecule has 0 radical (unpaired) electrons. The largest absolute Gasteiger partial charge is 0.507 e. The van der Waals surface area contributed by atoms with E-state index in [9.17, 15) is 5.11 Å². The van der Waals surface area contributed by atoms with E-state index in [2.05, 4.69) is 26.1 Å². The minimum Gasteiger partial charge on any atom is -0.507 e. The number of aromatic nitrogens is 2. The average molecular weight is 298 g/mol. The number of aryl methyl sites for hydroxylation is 1. The predicted molar refractivity (Wildman–Crippen MR) is 66.5 cm³/mol. The first kappa shape index (κ1) is 12.1. The van der Waals surface area contributed by atoms with Crippen molar-refractivity contribution in [3.05, 3.63) is 27.6 Å². The quantitative estimate of drug-likeness (QED) is 0.888. The zero-order chi connectivity index (χ0) is 12.6. The molecule has 2 aromatic rings. The van der Waals surface area contributed by atoms with Crippen LogP contribution < -0.4 is 5.73 Å². The van der Waals surface area contributed by atoms with Gasteiger partial charge in [-0.1, -0.05) is 21.1 Å². The molecule has 0 aliphatic carbocycles. The highest BCUT2D eigenvalue weighted by Crippen LogP contribution is 2.36. The first-order chi connectivity index (χ1) is 8.04. The predicted octanol–water partition coefficient (Wildman–Crippen LogP) is 2.28. The van der Waals surface area contributed by atoms with Gasteiger partial charge in [0.05, 0.1) is 6.54 Å². The van der Waals surface area contributed by atoms with Gasteiger partial charge in [0.2, 0.25) is 11.7 Å². The van der Waals surface area contributed by atoms with Crippen LogP contribution in [0.2, 0.25) is 0 Å². The Hall–Kier alpha value is -1.40. The molecule has 5 nitrogen and oxygen atoms in total. The lowest BCUT2D eigenvalue weighted by Crippen LogP contribution is -1.96. The van der Waals surface area contributed by atoms with Gasteiger partial charge >= 0.3 is 0 Å². The summed E-state index contributed by atoms with van der Waals surface area (Å²) in [5, 5.41) is 13.7. The molecule has 0 spiro atoms. The van der Waals surface area contributed by atoms with E-state index in [-0.39, 0.29) is 12.3 Å². The Labute approximate surface area is 107 Å². The molecular formula is C11H12BrN3O2. The molecule has 0 saturated carbocycles. The van der Waals surface area contributed by atoms with Gasteiger partial charge in [0.15, 0.2) is 0 Å². The van der Waals surface area contributed by atoms with Crippen LogP contribution in [-0.4, -0.2) is 15.2 Å². The highest BCUT2D eigenvalue weighted by molar-refractivity contribution is 9.10. The molecule has 3 N–H and O–H groups in total. The van der Waals surface area contributed by atoms with Gasteiger partial charge in [-0.25, -0.2) is 0 Å². The third-order valence-electron chi connectivity index (χ3n) is 2.55. The lowest BCUT2D eigenvalue weighted by Gasteiger charge is -2.09. The highest BCUT2D eigenvalue weighted by Gasteiger charge is 2.17. The normalized spacial score (nSPS) is 10.8. The maximum Gasteiger partial charge on any atom is 0.240 e. The maximum absolute atomic E-state index is 9.91. The monoisotopic (exact) mass is 297 g/mol. The summed E-state index contributed by atoms with van der Waals surface area (Å²) >= 11 is 3.44. The first-order valence-electron chi connectivity index (χ1n) is 5.06. The fraction of sp³-hybridized carbons (Fsp3) is 0.273. The van der Waals surface area contributed by atoms with Crippen LogP contribution in [0, 0.1) is 13.8 Å². The Morgan fingerprint density at radius 2 is 2.18 bits per heavy atom. The number of phenolic OH excluding ortho intramolecular Hbond substituents is 1. The van der Waals surface area contributed by atoms with Gasteiger partial charge in [0.25, 0.3) is 0 Å². The number of aromatic hydroxyl groups is 1. The second-order valence-corrected chi connectivity index (χ2v) is 4.59. The Bertz CT molecular complexity index is 566. The molecule has 0 saturated heterocycles. The summed E-state index contributed by atoms with van der Waals surface area (Å²) < 4.78 is 5.77. The Morgan fingerprint density at radius 1 is 1.47 bits per heavy atom. The molecule has 6 heteroatoms. The number of nitrogens with zero attached hydrogens (tertiary/aromatic N) is 2. The number of benzene rings is 1. The summed E-state index contributed by atoms with van der Waals surface area (Å²) in [6.45, 7) is 3.83. The van der Waals surface area contributed by atoms with Crippen LogP contribution in [0.5, 0.6) is 5.75 Å². The first-order valence-corrected chi connectivity index (χ1v) is 5.85. The minimum absolute atomic E-state index is 0.196. The van der Waals surface area contributed by atoms with E-state index in [0.717, 1.165) is 15.6 Å². The fourth-order valence-corrected chi connectivity index (χ4v) is 2.46. The van der Waals surface area contributed by atoms with Crippen molar-refractivity contribution in [2.75, 3.05) is 0 Å². The van der Waals surface area contributed by atoms with Crippen molar-refractivity contribution in [2.45, 2.75) is 20.4 Å². The van der Waals surface area contributed by atoms with Crippen molar-refractivity contribution in [1.29, 1.82) is 0 Å². The molecular weight excluding hydrogens is 286 g/mol. The average Bonchev–Trinajstić information content (AvgIpc) is 2.74. The Balaban J connectivity index is 2.62. The SMILES string of the molecule is Cc1cc(Br)c(-c2noc(CN)n2)c(C)c1O. The number of hydrogen-bond acceptors (Lipinski definition) is 5. The van der Waals surface area contributed by atoms with Crippen LogP contribution >= 0.6 is 15.9 Å². The van der Waals surface area contributed by atoms with Gasteiger partial charge in [0.1, 0.15) is 5.75 Å². The van der Waals surface area contributed by atoms with Crippen molar-refractivity contribution in [3.63, 3.8) is 0 Å². The molecule has 1 aromatic carbocycles. The van der Waals surface area contributed by atoms with Crippen molar-refractivity contribution >= 4 is 15.9 Å². The van der Waals surface area contributed by atoms with Crippen LogP contribution in [0.25, 0.3) is 11.4 Å². The molecule has 0 aliphatic heterocycles. The third-order valence-corrected chi connectivity index (χ3v) is 3.18. The molecule has 2 rings (SSSR count). The van der Waals surface area contributed by atoms with Gasteiger partial charge in [-0.15, -0.1) is 0 Å². The number of rotatable bonds is 2. The molecule has 90 valence electrons. The Morgan fingerprint density at radius 3 is 2.76 bits per heavy atom. The van der Waals surface area contributed by atoms with Gasteiger partial charge in [-0.3, -0.25) is 0 Å². The van der Waals surface area contributed by atoms with Crippen LogP contribution in [0.4, 0.5) is 0 Å². The number of hydrogen-bond donors (Lipinski definition) is 2. The zero-order valence-electron chi connectivity index (χ0n) is 9.49. The highest BCUT2D eigenvalue weighted by atomic mass is 79.9. The van der Waals surface area contributed by atoms with E-state index in [1.807, 2.05) is 13.0 Å². The summed E-state index contributed by atoms with van der Waals surface area (Å²) in [5.41, 5.74) is 7.63. The fourth-order valence-electron chi connectivity index (χ4n) is 1.64. The number of halogens is 1. The molecule has 1 heterocycles. The van der Waals surface area contributed by atoms with Crippen LogP contribution in [-0.2, 0) is 6.54 Å². The standard InChI is InChI=1S/C11H12BrN3O2/c1-5-3-7(12)9(6(2)10(5)16)11-14-8(4-13)17-15-11/h3,16H,4,13H2,1-2H3. The lowest BCUT2D eigenvalue weighted by atomic mass is 10.0. The van der Waals surface area contributed by atoms with Crippen LogP contribution in [0.1, 0.15) is 17.0 Å². The molecule has 17 heavy (non-hydrogen) atoms. The molecule has 0 amide bonds. The third kappa shape index (κ3) is 2.05. The van der Waals surface area contributed by atoms with Gasteiger partial charge in [-0.05, 0) is 25.5 Å². The van der Waals surface area contributed by atoms with E-state index in [1.54, 1.807) is 6.92 Å². The number of phenols is 1. The molecule has 0 fully saturated rings. The second kappa shape index (κ2) is 4.46. The van der Waals surface area contributed by atoms with E-state index in [4.69, 9.17) is 10.3 Å². The summed E-state index contributed by atoms with van der Waals surface area (Å²) in [7, 11) is 0. The maximum atomic E-state index is 9.91. The van der Waals surface area contributed by atoms with E-state index in [1.165, 1.54) is 0 Å². The smallest absolute Gasteiger partial charge is 0.240 e. The van der Waals surface area contributed by atoms with Gasteiger partial charge in [-0.2, -0.15) is 4.98 Å². The molecule has 0 bridgehead atoms. The topological polar surface area (TPSA) is 85.2 Å². The molecule has 0 aliphatic rings. The lowest BCUT2D eigenvalue weighted by molar-refractivity contribution is 0.380. The second-order valence-electron chi connectivity index (χ2n) is 3.74. The summed E-state index contributed by atoms with van der Waals surface area (Å²) in [6, 6.07) is 1.82. The van der Waals surface area contributed by atoms with Crippen molar-refractivity contribution in [1.82, 2.24) is 10.1 Å². The van der Waals surface area contributed by atoms with E-state index >= 15 is 0 Å². The molecule has 0 unspecified atom stereocenters. The van der Waals surface area contributed by atoms with Gasteiger partial charge < -0.3 is 15.4 Å². The summed E-state index contributed by atoms with van der Waals surface area (Å²) in [5.74, 6) is 1.03. The van der Waals surface area contributed by atoms with Crippen LogP contribution in [0.3, 0.4) is 0 Å². The minimum atomic E-state index is 0.196. The van der Waals surface area contributed by atoms with Crippen molar-refractivity contribution in [3.8, 4) is 17.1 Å². The summed E-state index contributed by atoms with van der Waals surface area (Å²) in [4.78, 5) is 4.15. The van der Waals surface area contributed by atoms with Crippen LogP contribution in [0.15, 0.2) is 15.1 Å². The number of nitrogens with two attached hydrogens (primary N) is 1. The Kier molecular flexibility index (Phi) is 3.17. The summed E-state index contributed by atoms with van der Waals surface area (Å²) in [6.07, 6.45) is 0. The van der Waals surface area contributed by atoms with E-state index < -0.39 is 0 Å². The van der Waals surface area contributed by atoms with Crippen molar-refractivity contribution < 1.29 is 9.63 Å². The van der Waals surface area contributed by atoms with E-state index in [0.29, 0.717) is 17.3 Å². The molecule has 0 atom stereocenters. The zero-order valence-corrected chi connectivity index (χ0v) is 11.1.